The van der Waals surface area contributed by atoms with Gasteiger partial charge in [-0.3, -0.25) is 9.59 Å². The van der Waals surface area contributed by atoms with E-state index in [1.54, 1.807) is 4.90 Å². The van der Waals surface area contributed by atoms with Crippen LogP contribution in [0.25, 0.3) is 0 Å². The fourth-order valence-corrected chi connectivity index (χ4v) is 1.57. The minimum atomic E-state index is -0.182. The van der Waals surface area contributed by atoms with Crippen LogP contribution in [0.4, 0.5) is 0 Å². The minimum absolute atomic E-state index is 0.0331. The second-order valence-electron chi connectivity index (χ2n) is 4.45. The van der Waals surface area contributed by atoms with Crippen molar-refractivity contribution < 1.29 is 19.1 Å². The third kappa shape index (κ3) is 5.97. The van der Waals surface area contributed by atoms with Crippen molar-refractivity contribution in [2.45, 2.75) is 26.4 Å². The van der Waals surface area contributed by atoms with E-state index in [2.05, 4.69) is 5.32 Å². The Bertz CT molecular complexity index is 275. The van der Waals surface area contributed by atoms with Gasteiger partial charge in [-0.15, -0.1) is 0 Å². The van der Waals surface area contributed by atoms with Crippen LogP contribution < -0.4 is 5.32 Å². The highest BCUT2D eigenvalue weighted by Gasteiger charge is 2.16. The fraction of sp³-hybridized carbons (Fsp3) is 0.833. The Balaban J connectivity index is 2.09. The van der Waals surface area contributed by atoms with Crippen molar-refractivity contribution in [3.05, 3.63) is 0 Å². The minimum Gasteiger partial charge on any atom is -0.378 e. The zero-order valence-electron chi connectivity index (χ0n) is 11.1. The van der Waals surface area contributed by atoms with E-state index in [0.717, 1.165) is 0 Å². The normalized spacial score (nSPS) is 15.8. The first kappa shape index (κ1) is 14.9. The lowest BCUT2D eigenvalue weighted by molar-refractivity contribution is -0.135. The van der Waals surface area contributed by atoms with Crippen molar-refractivity contribution in [2.24, 2.45) is 0 Å². The van der Waals surface area contributed by atoms with E-state index in [1.165, 1.54) is 0 Å². The lowest BCUT2D eigenvalue weighted by Gasteiger charge is -2.26. The van der Waals surface area contributed by atoms with E-state index in [0.29, 0.717) is 39.3 Å². The van der Waals surface area contributed by atoms with Crippen LogP contribution in [0.2, 0.25) is 0 Å². The molecule has 1 aliphatic heterocycles. The van der Waals surface area contributed by atoms with E-state index in [4.69, 9.17) is 9.47 Å². The van der Waals surface area contributed by atoms with E-state index in [1.807, 2.05) is 13.8 Å². The summed E-state index contributed by atoms with van der Waals surface area (Å²) in [6, 6.07) is 0. The van der Waals surface area contributed by atoms with Crippen LogP contribution in [-0.4, -0.2) is 62.3 Å². The summed E-state index contributed by atoms with van der Waals surface area (Å²) in [6.07, 6.45) is 0.360. The molecule has 2 amide bonds. The number of ether oxygens (including phenoxy) is 2. The molecular formula is C12H22N2O4. The van der Waals surface area contributed by atoms with Gasteiger partial charge in [0.1, 0.15) is 6.61 Å². The molecule has 0 aromatic heterocycles. The molecule has 1 N–H and O–H groups in total. The van der Waals surface area contributed by atoms with Crippen LogP contribution in [-0.2, 0) is 19.1 Å². The summed E-state index contributed by atoms with van der Waals surface area (Å²) in [7, 11) is 0. The summed E-state index contributed by atoms with van der Waals surface area (Å²) >= 11 is 0. The van der Waals surface area contributed by atoms with E-state index >= 15 is 0 Å². The van der Waals surface area contributed by atoms with Gasteiger partial charge in [-0.25, -0.2) is 0 Å². The maximum absolute atomic E-state index is 11.7. The molecule has 1 aliphatic rings. The first-order valence-corrected chi connectivity index (χ1v) is 6.33. The van der Waals surface area contributed by atoms with Gasteiger partial charge in [-0.1, -0.05) is 0 Å². The zero-order chi connectivity index (χ0) is 13.4. The van der Waals surface area contributed by atoms with Gasteiger partial charge < -0.3 is 19.7 Å². The molecule has 0 spiro atoms. The lowest BCUT2D eigenvalue weighted by Crippen LogP contribution is -2.42. The molecule has 1 fully saturated rings. The summed E-state index contributed by atoms with van der Waals surface area (Å²) in [5.41, 5.74) is 0. The molecule has 1 saturated heterocycles. The molecule has 1 rings (SSSR count). The van der Waals surface area contributed by atoms with E-state index in [-0.39, 0.29) is 24.5 Å². The molecule has 0 unspecified atom stereocenters. The van der Waals surface area contributed by atoms with Crippen molar-refractivity contribution in [1.82, 2.24) is 10.2 Å². The van der Waals surface area contributed by atoms with Crippen LogP contribution in [0, 0.1) is 0 Å². The van der Waals surface area contributed by atoms with E-state index in [9.17, 15) is 9.59 Å². The molecule has 0 aliphatic carbocycles. The Hall–Kier alpha value is -1.14. The Kier molecular flexibility index (Phi) is 6.67. The topological polar surface area (TPSA) is 67.9 Å². The van der Waals surface area contributed by atoms with Crippen LogP contribution in [0.5, 0.6) is 0 Å². The van der Waals surface area contributed by atoms with Crippen molar-refractivity contribution in [2.75, 3.05) is 39.5 Å². The SMILES string of the molecule is CC(C)OCC(=O)NCCC(=O)N1CCOCC1. The number of morpholine rings is 1. The molecule has 6 nitrogen and oxygen atoms in total. The number of nitrogens with one attached hydrogen (secondary N) is 1. The van der Waals surface area contributed by atoms with Gasteiger partial charge in [0.2, 0.25) is 11.8 Å². The zero-order valence-corrected chi connectivity index (χ0v) is 11.1. The highest BCUT2D eigenvalue weighted by molar-refractivity contribution is 5.79. The molecule has 104 valence electrons. The number of hydrogen-bond acceptors (Lipinski definition) is 4. The number of rotatable bonds is 6. The van der Waals surface area contributed by atoms with Gasteiger partial charge in [0, 0.05) is 26.1 Å². The molecule has 0 aromatic carbocycles. The summed E-state index contributed by atoms with van der Waals surface area (Å²) in [5.74, 6) is -0.123. The molecular weight excluding hydrogens is 236 g/mol. The number of hydrogen-bond donors (Lipinski definition) is 1. The monoisotopic (exact) mass is 258 g/mol. The average Bonchev–Trinajstić information content (AvgIpc) is 2.37. The van der Waals surface area contributed by atoms with Gasteiger partial charge in [0.25, 0.3) is 0 Å². The molecule has 0 bridgehead atoms. The predicted molar refractivity (Wildman–Crippen MR) is 66.1 cm³/mol. The maximum Gasteiger partial charge on any atom is 0.246 e. The molecule has 0 atom stereocenters. The molecule has 0 radical (unpaired) electrons. The van der Waals surface area contributed by atoms with Crippen LogP contribution in [0.1, 0.15) is 20.3 Å². The number of carbonyl (C=O) groups is 2. The first-order valence-electron chi connectivity index (χ1n) is 6.33. The summed E-state index contributed by atoms with van der Waals surface area (Å²) < 4.78 is 10.3. The summed E-state index contributed by atoms with van der Waals surface area (Å²) in [5, 5.41) is 2.67. The van der Waals surface area contributed by atoms with Crippen molar-refractivity contribution in [1.29, 1.82) is 0 Å². The smallest absolute Gasteiger partial charge is 0.246 e. The quantitative estimate of drug-likeness (QED) is 0.715. The lowest BCUT2D eigenvalue weighted by atomic mass is 10.3. The molecule has 6 heteroatoms. The highest BCUT2D eigenvalue weighted by atomic mass is 16.5. The second kappa shape index (κ2) is 8.05. The Morgan fingerprint density at radius 3 is 2.61 bits per heavy atom. The first-order chi connectivity index (χ1) is 8.59. The fourth-order valence-electron chi connectivity index (χ4n) is 1.57. The van der Waals surface area contributed by atoms with Crippen LogP contribution in [0.3, 0.4) is 0 Å². The Morgan fingerprint density at radius 2 is 2.00 bits per heavy atom. The largest absolute Gasteiger partial charge is 0.378 e. The van der Waals surface area contributed by atoms with Crippen LogP contribution in [0.15, 0.2) is 0 Å². The molecule has 1 heterocycles. The Labute approximate surface area is 108 Å². The van der Waals surface area contributed by atoms with Gasteiger partial charge in [-0.2, -0.15) is 0 Å². The van der Waals surface area contributed by atoms with Gasteiger partial charge >= 0.3 is 0 Å². The van der Waals surface area contributed by atoms with Crippen molar-refractivity contribution in [3.8, 4) is 0 Å². The standard InChI is InChI=1S/C12H22N2O4/c1-10(2)18-9-11(15)13-4-3-12(16)14-5-7-17-8-6-14/h10H,3-9H2,1-2H3,(H,13,15). The second-order valence-corrected chi connectivity index (χ2v) is 4.45. The number of carbonyl (C=O) groups excluding carboxylic acids is 2. The summed E-state index contributed by atoms with van der Waals surface area (Å²) in [4.78, 5) is 24.8. The average molecular weight is 258 g/mol. The third-order valence-electron chi connectivity index (χ3n) is 2.57. The maximum atomic E-state index is 11.7. The predicted octanol–water partition coefficient (Wildman–Crippen LogP) is -0.223. The van der Waals surface area contributed by atoms with Gasteiger partial charge in [0.15, 0.2) is 0 Å². The van der Waals surface area contributed by atoms with Crippen molar-refractivity contribution in [3.63, 3.8) is 0 Å². The number of nitrogens with zero attached hydrogens (tertiary/aromatic N) is 1. The van der Waals surface area contributed by atoms with E-state index < -0.39 is 0 Å². The summed E-state index contributed by atoms with van der Waals surface area (Å²) in [6.45, 7) is 6.62. The third-order valence-corrected chi connectivity index (χ3v) is 2.57. The van der Waals surface area contributed by atoms with Gasteiger partial charge in [0.05, 0.1) is 19.3 Å². The Morgan fingerprint density at radius 1 is 1.33 bits per heavy atom. The molecule has 0 aromatic rings. The highest BCUT2D eigenvalue weighted by Crippen LogP contribution is 1.99. The molecule has 18 heavy (non-hydrogen) atoms. The van der Waals surface area contributed by atoms with Gasteiger partial charge in [-0.05, 0) is 13.8 Å². The van der Waals surface area contributed by atoms with Crippen molar-refractivity contribution >= 4 is 11.8 Å². The number of amides is 2. The van der Waals surface area contributed by atoms with Crippen LogP contribution >= 0.6 is 0 Å². The molecule has 0 saturated carbocycles.